The van der Waals surface area contributed by atoms with Crippen molar-refractivity contribution in [2.75, 3.05) is 13.7 Å². The minimum atomic E-state index is -0.732. The third-order valence-electron chi connectivity index (χ3n) is 2.73. The largest absolute Gasteiger partial charge is 0.463 e. The monoisotopic (exact) mass is 255 g/mol. The normalized spacial score (nSPS) is 14.2. The number of hydrogen-bond donors (Lipinski definition) is 2. The first kappa shape index (κ1) is 14.7. The molecule has 1 rings (SSSR count). The van der Waals surface area contributed by atoms with Gasteiger partial charge < -0.3 is 19.6 Å². The first-order valence-corrected chi connectivity index (χ1v) is 6.08. The van der Waals surface area contributed by atoms with Crippen LogP contribution in [0, 0.1) is 0 Å². The van der Waals surface area contributed by atoms with Crippen LogP contribution < -0.4 is 5.32 Å². The van der Waals surface area contributed by atoms with Crippen LogP contribution in [-0.2, 0) is 11.3 Å². The SMILES string of the molecule is CCCC(C)(O)CNCc1ccoc1C(=O)OC. The number of rotatable bonds is 7. The first-order chi connectivity index (χ1) is 8.50. The van der Waals surface area contributed by atoms with E-state index in [-0.39, 0.29) is 5.76 Å². The summed E-state index contributed by atoms with van der Waals surface area (Å²) in [5.74, 6) is -0.280. The summed E-state index contributed by atoms with van der Waals surface area (Å²) in [6.45, 7) is 4.74. The van der Waals surface area contributed by atoms with Crippen molar-refractivity contribution in [3.05, 3.63) is 23.7 Å². The Hall–Kier alpha value is -1.33. The minimum absolute atomic E-state index is 0.208. The second-order valence-electron chi connectivity index (χ2n) is 4.62. The summed E-state index contributed by atoms with van der Waals surface area (Å²) >= 11 is 0. The van der Waals surface area contributed by atoms with Gasteiger partial charge in [-0.2, -0.15) is 0 Å². The highest BCUT2D eigenvalue weighted by Crippen LogP contribution is 2.13. The lowest BCUT2D eigenvalue weighted by Gasteiger charge is -2.22. The molecule has 1 aromatic rings. The highest BCUT2D eigenvalue weighted by Gasteiger charge is 2.20. The number of aliphatic hydroxyl groups is 1. The molecule has 1 unspecified atom stereocenters. The smallest absolute Gasteiger partial charge is 0.374 e. The summed E-state index contributed by atoms with van der Waals surface area (Å²) in [4.78, 5) is 11.4. The molecule has 0 aliphatic rings. The van der Waals surface area contributed by atoms with Crippen LogP contribution in [0.15, 0.2) is 16.7 Å². The van der Waals surface area contributed by atoms with E-state index in [0.717, 1.165) is 18.4 Å². The minimum Gasteiger partial charge on any atom is -0.463 e. The maximum Gasteiger partial charge on any atom is 0.374 e. The standard InChI is InChI=1S/C13H21NO4/c1-4-6-13(2,16)9-14-8-10-5-7-18-11(10)12(15)17-3/h5,7,14,16H,4,6,8-9H2,1-3H3. The lowest BCUT2D eigenvalue weighted by molar-refractivity contribution is 0.0497. The fourth-order valence-electron chi connectivity index (χ4n) is 1.84. The second-order valence-corrected chi connectivity index (χ2v) is 4.62. The predicted octanol–water partition coefficient (Wildman–Crippen LogP) is 1.71. The quantitative estimate of drug-likeness (QED) is 0.726. The number of furan rings is 1. The zero-order valence-electron chi connectivity index (χ0n) is 11.2. The van der Waals surface area contributed by atoms with Gasteiger partial charge in [0.05, 0.1) is 19.0 Å². The molecular formula is C13H21NO4. The average molecular weight is 255 g/mol. The average Bonchev–Trinajstić information content (AvgIpc) is 2.76. The van der Waals surface area contributed by atoms with Crippen molar-refractivity contribution in [1.29, 1.82) is 0 Å². The molecule has 0 aromatic carbocycles. The Morgan fingerprint density at radius 1 is 1.61 bits per heavy atom. The van der Waals surface area contributed by atoms with Crippen LogP contribution in [0.1, 0.15) is 42.8 Å². The van der Waals surface area contributed by atoms with E-state index in [9.17, 15) is 9.90 Å². The van der Waals surface area contributed by atoms with Gasteiger partial charge in [-0.25, -0.2) is 4.79 Å². The lowest BCUT2D eigenvalue weighted by Crippen LogP contribution is -2.37. The first-order valence-electron chi connectivity index (χ1n) is 6.08. The van der Waals surface area contributed by atoms with Gasteiger partial charge in [-0.05, 0) is 19.4 Å². The maximum atomic E-state index is 11.4. The number of ether oxygens (including phenoxy) is 1. The summed E-state index contributed by atoms with van der Waals surface area (Å²) in [6.07, 6.45) is 3.11. The van der Waals surface area contributed by atoms with Crippen molar-refractivity contribution in [1.82, 2.24) is 5.32 Å². The number of nitrogens with one attached hydrogen (secondary N) is 1. The molecule has 0 amide bonds. The van der Waals surface area contributed by atoms with Crippen LogP contribution in [-0.4, -0.2) is 30.3 Å². The third-order valence-corrected chi connectivity index (χ3v) is 2.73. The van der Waals surface area contributed by atoms with E-state index in [4.69, 9.17) is 4.42 Å². The molecule has 0 aliphatic carbocycles. The zero-order valence-corrected chi connectivity index (χ0v) is 11.2. The molecule has 0 aliphatic heterocycles. The molecule has 0 bridgehead atoms. The van der Waals surface area contributed by atoms with Gasteiger partial charge in [-0.3, -0.25) is 0 Å². The van der Waals surface area contributed by atoms with Crippen LogP contribution in [0.3, 0.4) is 0 Å². The van der Waals surface area contributed by atoms with Gasteiger partial charge in [0.1, 0.15) is 0 Å². The second kappa shape index (κ2) is 6.56. The fourth-order valence-corrected chi connectivity index (χ4v) is 1.84. The Labute approximate surface area is 107 Å². The van der Waals surface area contributed by atoms with Crippen LogP contribution in [0.5, 0.6) is 0 Å². The highest BCUT2D eigenvalue weighted by molar-refractivity contribution is 5.87. The van der Waals surface area contributed by atoms with Crippen molar-refractivity contribution < 1.29 is 19.1 Å². The van der Waals surface area contributed by atoms with Gasteiger partial charge in [-0.15, -0.1) is 0 Å². The van der Waals surface area contributed by atoms with E-state index < -0.39 is 11.6 Å². The van der Waals surface area contributed by atoms with Crippen molar-refractivity contribution in [2.24, 2.45) is 0 Å². The summed E-state index contributed by atoms with van der Waals surface area (Å²) in [5, 5.41) is 13.1. The van der Waals surface area contributed by atoms with Crippen LogP contribution in [0.25, 0.3) is 0 Å². The van der Waals surface area contributed by atoms with E-state index in [1.54, 1.807) is 13.0 Å². The molecule has 0 saturated carbocycles. The highest BCUT2D eigenvalue weighted by atomic mass is 16.5. The van der Waals surface area contributed by atoms with Crippen LogP contribution in [0.4, 0.5) is 0 Å². The molecule has 5 nitrogen and oxygen atoms in total. The topological polar surface area (TPSA) is 71.7 Å². The molecule has 1 heterocycles. The molecule has 0 radical (unpaired) electrons. The van der Waals surface area contributed by atoms with E-state index in [0.29, 0.717) is 13.1 Å². The van der Waals surface area contributed by atoms with Gasteiger partial charge in [0.15, 0.2) is 0 Å². The Morgan fingerprint density at radius 2 is 2.33 bits per heavy atom. The van der Waals surface area contributed by atoms with E-state index in [1.807, 2.05) is 6.92 Å². The van der Waals surface area contributed by atoms with E-state index in [1.165, 1.54) is 13.4 Å². The van der Waals surface area contributed by atoms with Gasteiger partial charge in [0.25, 0.3) is 0 Å². The number of carbonyl (C=O) groups excluding carboxylic acids is 1. The molecular weight excluding hydrogens is 234 g/mol. The molecule has 0 fully saturated rings. The molecule has 18 heavy (non-hydrogen) atoms. The molecule has 2 N–H and O–H groups in total. The third kappa shape index (κ3) is 4.16. The Morgan fingerprint density at radius 3 is 2.94 bits per heavy atom. The summed E-state index contributed by atoms with van der Waals surface area (Å²) in [7, 11) is 1.31. The van der Waals surface area contributed by atoms with E-state index in [2.05, 4.69) is 10.1 Å². The van der Waals surface area contributed by atoms with Gasteiger partial charge in [-0.1, -0.05) is 13.3 Å². The predicted molar refractivity (Wildman–Crippen MR) is 67.3 cm³/mol. The summed E-state index contributed by atoms with van der Waals surface area (Å²) in [6, 6.07) is 1.72. The molecule has 1 aromatic heterocycles. The van der Waals surface area contributed by atoms with Crippen molar-refractivity contribution in [3.8, 4) is 0 Å². The maximum absolute atomic E-state index is 11.4. The van der Waals surface area contributed by atoms with Crippen molar-refractivity contribution >= 4 is 5.97 Å². The summed E-state index contributed by atoms with van der Waals surface area (Å²) in [5.41, 5.74) is -0.00153. The van der Waals surface area contributed by atoms with Crippen molar-refractivity contribution in [2.45, 2.75) is 38.8 Å². The Bertz CT molecular complexity index is 384. The number of methoxy groups -OCH3 is 1. The molecule has 1 atom stereocenters. The van der Waals surface area contributed by atoms with Gasteiger partial charge >= 0.3 is 5.97 Å². The number of hydrogen-bond acceptors (Lipinski definition) is 5. The number of esters is 1. The molecule has 102 valence electrons. The Kier molecular flexibility index (Phi) is 5.37. The molecule has 0 saturated heterocycles. The lowest BCUT2D eigenvalue weighted by atomic mass is 10.0. The molecule has 0 spiro atoms. The van der Waals surface area contributed by atoms with Crippen LogP contribution >= 0.6 is 0 Å². The summed E-state index contributed by atoms with van der Waals surface area (Å²) < 4.78 is 9.68. The van der Waals surface area contributed by atoms with E-state index >= 15 is 0 Å². The van der Waals surface area contributed by atoms with Crippen LogP contribution in [0.2, 0.25) is 0 Å². The zero-order chi connectivity index (χ0) is 13.6. The van der Waals surface area contributed by atoms with Crippen molar-refractivity contribution in [3.63, 3.8) is 0 Å². The fraction of sp³-hybridized carbons (Fsp3) is 0.615. The van der Waals surface area contributed by atoms with Gasteiger partial charge in [0, 0.05) is 18.7 Å². The van der Waals surface area contributed by atoms with Gasteiger partial charge in [0.2, 0.25) is 5.76 Å². The number of carbonyl (C=O) groups is 1. The Balaban J connectivity index is 2.49. The molecule has 5 heteroatoms.